The van der Waals surface area contributed by atoms with E-state index in [1.54, 1.807) is 6.08 Å². The monoisotopic (exact) mass is 182 g/mol. The van der Waals surface area contributed by atoms with E-state index in [-0.39, 0.29) is 12.6 Å². The Balaban J connectivity index is 3.36. The zero-order valence-electron chi connectivity index (χ0n) is 8.29. The van der Waals surface area contributed by atoms with Crippen molar-refractivity contribution in [3.05, 3.63) is 24.8 Å². The Morgan fingerprint density at radius 2 is 2.23 bits per heavy atom. The minimum Gasteiger partial charge on any atom is -0.458 e. The molecule has 2 heteroatoms. The van der Waals surface area contributed by atoms with Crippen LogP contribution in [0.5, 0.6) is 0 Å². The van der Waals surface area contributed by atoms with Gasteiger partial charge in [0.2, 0.25) is 0 Å². The molecule has 0 N–H and O–H groups in total. The molecule has 13 heavy (non-hydrogen) atoms. The van der Waals surface area contributed by atoms with Crippen molar-refractivity contribution in [1.29, 1.82) is 0 Å². The maximum atomic E-state index is 10.9. The van der Waals surface area contributed by atoms with Gasteiger partial charge in [0.05, 0.1) is 0 Å². The average Bonchev–Trinajstić information content (AvgIpc) is 2.14. The summed E-state index contributed by atoms with van der Waals surface area (Å²) < 4.78 is 4.75. The van der Waals surface area contributed by atoms with E-state index in [9.17, 15) is 4.79 Å². The lowest BCUT2D eigenvalue weighted by Crippen LogP contribution is -1.99. The van der Waals surface area contributed by atoms with Gasteiger partial charge >= 0.3 is 5.97 Å². The number of ether oxygens (including phenoxy) is 1. The number of hydrogen-bond acceptors (Lipinski definition) is 2. The molecular weight excluding hydrogens is 164 g/mol. The van der Waals surface area contributed by atoms with E-state index in [1.165, 1.54) is 18.9 Å². The molecule has 2 nitrogen and oxygen atoms in total. The van der Waals surface area contributed by atoms with Gasteiger partial charge in [0.15, 0.2) is 0 Å². The van der Waals surface area contributed by atoms with E-state index in [0.717, 1.165) is 12.8 Å². The number of allylic oxidation sites excluding steroid dienone is 1. The Labute approximate surface area is 80.3 Å². The number of hydrogen-bond donors (Lipinski definition) is 0. The summed E-state index contributed by atoms with van der Waals surface area (Å²) in [5, 5.41) is 0. The highest BCUT2D eigenvalue weighted by atomic mass is 16.5. The van der Waals surface area contributed by atoms with Crippen LogP contribution >= 0.6 is 0 Å². The molecule has 0 saturated heterocycles. The molecule has 74 valence electrons. The molecule has 0 saturated carbocycles. The third-order valence-corrected chi connectivity index (χ3v) is 1.57. The summed E-state index contributed by atoms with van der Waals surface area (Å²) in [7, 11) is 0. The van der Waals surface area contributed by atoms with Crippen molar-refractivity contribution in [2.45, 2.75) is 32.6 Å². The van der Waals surface area contributed by atoms with Crippen LogP contribution < -0.4 is 0 Å². The second-order valence-corrected chi connectivity index (χ2v) is 2.82. The molecule has 0 heterocycles. The van der Waals surface area contributed by atoms with Gasteiger partial charge in [-0.2, -0.15) is 0 Å². The van der Waals surface area contributed by atoms with Crippen LogP contribution in [0.25, 0.3) is 0 Å². The second kappa shape index (κ2) is 9.04. The zero-order valence-corrected chi connectivity index (χ0v) is 8.29. The van der Waals surface area contributed by atoms with Gasteiger partial charge in [0.25, 0.3) is 0 Å². The lowest BCUT2D eigenvalue weighted by molar-refractivity contribution is -0.136. The molecule has 0 aromatic rings. The highest BCUT2D eigenvalue weighted by Crippen LogP contribution is 1.99. The molecule has 0 fully saturated rings. The fraction of sp³-hybridized carbons (Fsp3) is 0.545. The molecule has 0 spiro atoms. The Bertz CT molecular complexity index is 171. The van der Waals surface area contributed by atoms with Gasteiger partial charge in [-0.25, -0.2) is 4.79 Å². The van der Waals surface area contributed by atoms with Crippen LogP contribution in [-0.4, -0.2) is 12.6 Å². The normalized spacial score (nSPS) is 10.2. The Morgan fingerprint density at radius 1 is 1.46 bits per heavy atom. The maximum absolute atomic E-state index is 10.9. The van der Waals surface area contributed by atoms with Crippen molar-refractivity contribution in [3.8, 4) is 0 Å². The standard InChI is InChI=1S/C11H18O2/c1-3-5-6-7-8-9-11(12)13-10-4-2/h4,8-9H,2-3,5-7,10H2,1H3. The van der Waals surface area contributed by atoms with Crippen molar-refractivity contribution in [2.24, 2.45) is 0 Å². The summed E-state index contributed by atoms with van der Waals surface area (Å²) in [5.41, 5.74) is 0. The van der Waals surface area contributed by atoms with Crippen LogP contribution in [0.2, 0.25) is 0 Å². The summed E-state index contributed by atoms with van der Waals surface area (Å²) in [6, 6.07) is 0. The number of rotatable bonds is 7. The van der Waals surface area contributed by atoms with Crippen LogP contribution in [0.15, 0.2) is 24.8 Å². The summed E-state index contributed by atoms with van der Waals surface area (Å²) in [6.45, 7) is 5.90. The summed E-state index contributed by atoms with van der Waals surface area (Å²) in [5.74, 6) is -0.281. The highest BCUT2D eigenvalue weighted by molar-refractivity contribution is 5.81. The van der Waals surface area contributed by atoms with Gasteiger partial charge in [-0.05, 0) is 12.8 Å². The lowest BCUT2D eigenvalue weighted by atomic mass is 10.2. The predicted octanol–water partition coefficient (Wildman–Crippen LogP) is 2.85. The first kappa shape index (κ1) is 11.9. The molecule has 0 bridgehead atoms. The van der Waals surface area contributed by atoms with Gasteiger partial charge in [-0.3, -0.25) is 0 Å². The van der Waals surface area contributed by atoms with Crippen molar-refractivity contribution < 1.29 is 9.53 Å². The van der Waals surface area contributed by atoms with E-state index < -0.39 is 0 Å². The van der Waals surface area contributed by atoms with E-state index in [1.807, 2.05) is 6.08 Å². The van der Waals surface area contributed by atoms with Crippen molar-refractivity contribution in [1.82, 2.24) is 0 Å². The number of unbranched alkanes of at least 4 members (excludes halogenated alkanes) is 3. The lowest BCUT2D eigenvalue weighted by Gasteiger charge is -1.95. The molecule has 0 radical (unpaired) electrons. The molecule has 0 aliphatic rings. The quantitative estimate of drug-likeness (QED) is 0.262. The average molecular weight is 182 g/mol. The first-order chi connectivity index (χ1) is 6.31. The zero-order chi connectivity index (χ0) is 9.94. The van der Waals surface area contributed by atoms with E-state index >= 15 is 0 Å². The van der Waals surface area contributed by atoms with Gasteiger partial charge in [-0.1, -0.05) is 38.5 Å². The van der Waals surface area contributed by atoms with Crippen LogP contribution in [0.3, 0.4) is 0 Å². The first-order valence-corrected chi connectivity index (χ1v) is 4.75. The van der Waals surface area contributed by atoms with Crippen LogP contribution in [0, 0.1) is 0 Å². The fourth-order valence-corrected chi connectivity index (χ4v) is 0.881. The molecule has 0 aliphatic carbocycles. The van der Waals surface area contributed by atoms with Gasteiger partial charge in [0.1, 0.15) is 6.61 Å². The van der Waals surface area contributed by atoms with Gasteiger partial charge in [0, 0.05) is 6.08 Å². The molecule has 0 unspecified atom stereocenters. The van der Waals surface area contributed by atoms with E-state index in [0.29, 0.717) is 0 Å². The molecule has 0 aliphatic heterocycles. The van der Waals surface area contributed by atoms with Crippen molar-refractivity contribution in [2.75, 3.05) is 6.61 Å². The van der Waals surface area contributed by atoms with Crippen LogP contribution in [0.1, 0.15) is 32.6 Å². The smallest absolute Gasteiger partial charge is 0.330 e. The number of carbonyl (C=O) groups is 1. The fourth-order valence-electron chi connectivity index (χ4n) is 0.881. The molecule has 0 aromatic carbocycles. The molecular formula is C11H18O2. The van der Waals surface area contributed by atoms with Crippen LogP contribution in [-0.2, 0) is 9.53 Å². The van der Waals surface area contributed by atoms with Gasteiger partial charge in [-0.15, -0.1) is 0 Å². The molecule has 0 atom stereocenters. The second-order valence-electron chi connectivity index (χ2n) is 2.82. The van der Waals surface area contributed by atoms with Crippen LogP contribution in [0.4, 0.5) is 0 Å². The van der Waals surface area contributed by atoms with Crippen molar-refractivity contribution in [3.63, 3.8) is 0 Å². The summed E-state index contributed by atoms with van der Waals surface area (Å²) in [6.07, 6.45) is 9.42. The number of esters is 1. The Hall–Kier alpha value is -1.05. The largest absolute Gasteiger partial charge is 0.458 e. The topological polar surface area (TPSA) is 26.3 Å². The Kier molecular flexibility index (Phi) is 8.31. The van der Waals surface area contributed by atoms with Crippen molar-refractivity contribution >= 4 is 5.97 Å². The molecule has 0 amide bonds. The van der Waals surface area contributed by atoms with E-state index in [4.69, 9.17) is 4.74 Å². The first-order valence-electron chi connectivity index (χ1n) is 4.75. The minimum atomic E-state index is -0.281. The predicted molar refractivity (Wildman–Crippen MR) is 54.4 cm³/mol. The maximum Gasteiger partial charge on any atom is 0.330 e. The molecule has 0 rings (SSSR count). The third kappa shape index (κ3) is 8.86. The van der Waals surface area contributed by atoms with E-state index in [2.05, 4.69) is 13.5 Å². The summed E-state index contributed by atoms with van der Waals surface area (Å²) in [4.78, 5) is 10.9. The minimum absolute atomic E-state index is 0.281. The number of carbonyl (C=O) groups excluding carboxylic acids is 1. The van der Waals surface area contributed by atoms with Gasteiger partial charge < -0.3 is 4.74 Å². The highest BCUT2D eigenvalue weighted by Gasteiger charge is 1.92. The third-order valence-electron chi connectivity index (χ3n) is 1.57. The SMILES string of the molecule is C=CCOC(=O)C=CCCCCC. The molecule has 0 aromatic heterocycles. The Morgan fingerprint density at radius 3 is 2.85 bits per heavy atom. The summed E-state index contributed by atoms with van der Waals surface area (Å²) >= 11 is 0.